The molecule has 3 N–H and O–H groups in total. The van der Waals surface area contributed by atoms with Crippen molar-refractivity contribution in [3.8, 4) is 0 Å². The third-order valence-electron chi connectivity index (χ3n) is 2.25. The van der Waals surface area contributed by atoms with Gasteiger partial charge < -0.3 is 15.9 Å². The highest BCUT2D eigenvalue weighted by atomic mass is 35.5. The Hall–Kier alpha value is -1.30. The highest BCUT2D eigenvalue weighted by Gasteiger charge is 2.05. The van der Waals surface area contributed by atoms with E-state index in [0.29, 0.717) is 29.4 Å². The summed E-state index contributed by atoms with van der Waals surface area (Å²) < 4.78 is 0. The number of hydroxylamine groups is 2. The van der Waals surface area contributed by atoms with Crippen molar-refractivity contribution in [1.29, 1.82) is 0 Å². The Morgan fingerprint density at radius 1 is 1.59 bits per heavy atom. The van der Waals surface area contributed by atoms with E-state index in [0.717, 1.165) is 0 Å². The van der Waals surface area contributed by atoms with Crippen molar-refractivity contribution in [2.24, 2.45) is 0 Å². The van der Waals surface area contributed by atoms with E-state index in [2.05, 4.69) is 5.32 Å². The van der Waals surface area contributed by atoms with Gasteiger partial charge in [-0.25, -0.2) is 0 Å². The van der Waals surface area contributed by atoms with Gasteiger partial charge in [-0.1, -0.05) is 11.6 Å². The van der Waals surface area contributed by atoms with Gasteiger partial charge in [0.05, 0.1) is 17.8 Å². The first-order valence-electron chi connectivity index (χ1n) is 5.13. The normalized spacial score (nSPS) is 10.6. The van der Waals surface area contributed by atoms with Gasteiger partial charge in [-0.3, -0.25) is 4.79 Å². The molecule has 0 saturated heterocycles. The molecule has 0 heterocycles. The second-order valence-corrected chi connectivity index (χ2v) is 3.98. The number of nitrogens with zero attached hydrogens (tertiary/aromatic N) is 1. The highest BCUT2D eigenvalue weighted by Crippen LogP contribution is 2.22. The molecule has 1 amide bonds. The molecule has 1 aromatic carbocycles. The Labute approximate surface area is 105 Å². The average Bonchev–Trinajstić information content (AvgIpc) is 2.31. The number of rotatable bonds is 5. The van der Waals surface area contributed by atoms with Crippen LogP contribution in [0.5, 0.6) is 0 Å². The third kappa shape index (κ3) is 4.60. The summed E-state index contributed by atoms with van der Waals surface area (Å²) in [4.78, 5) is 16.5. The number of anilines is 2. The maximum absolute atomic E-state index is 11.6. The van der Waals surface area contributed by atoms with Crippen LogP contribution in [0.15, 0.2) is 18.2 Å². The largest absolute Gasteiger partial charge is 0.397 e. The SMILES string of the molecule is CON(C)CCC(=O)Nc1ccc(Cl)c(N)c1. The average molecular weight is 258 g/mol. The van der Waals surface area contributed by atoms with Gasteiger partial charge in [0, 0.05) is 25.7 Å². The molecule has 0 aromatic heterocycles. The van der Waals surface area contributed by atoms with Gasteiger partial charge in [0.2, 0.25) is 5.91 Å². The molecule has 94 valence electrons. The Bertz CT molecular complexity index is 398. The number of hydrogen-bond donors (Lipinski definition) is 2. The predicted octanol–water partition coefficient (Wildman–Crippen LogP) is 1.74. The van der Waals surface area contributed by atoms with Crippen molar-refractivity contribution < 1.29 is 9.63 Å². The van der Waals surface area contributed by atoms with Crippen molar-refractivity contribution in [2.75, 3.05) is 31.8 Å². The van der Waals surface area contributed by atoms with Crippen LogP contribution in [0.1, 0.15) is 6.42 Å². The van der Waals surface area contributed by atoms with Gasteiger partial charge in [-0.2, -0.15) is 5.06 Å². The van der Waals surface area contributed by atoms with Gasteiger partial charge >= 0.3 is 0 Å². The van der Waals surface area contributed by atoms with E-state index in [9.17, 15) is 4.79 Å². The molecule has 17 heavy (non-hydrogen) atoms. The lowest BCUT2D eigenvalue weighted by Gasteiger charge is -2.13. The van der Waals surface area contributed by atoms with Crippen LogP contribution in [0.2, 0.25) is 5.02 Å². The van der Waals surface area contributed by atoms with Gasteiger partial charge in [-0.15, -0.1) is 0 Å². The summed E-state index contributed by atoms with van der Waals surface area (Å²) in [5, 5.41) is 4.78. The van der Waals surface area contributed by atoms with Crippen LogP contribution in [0, 0.1) is 0 Å². The van der Waals surface area contributed by atoms with Crippen molar-refractivity contribution >= 4 is 28.9 Å². The first-order chi connectivity index (χ1) is 8.02. The summed E-state index contributed by atoms with van der Waals surface area (Å²) in [6, 6.07) is 4.98. The van der Waals surface area contributed by atoms with Gasteiger partial charge in [0.15, 0.2) is 0 Å². The van der Waals surface area contributed by atoms with Crippen LogP contribution in [-0.4, -0.2) is 31.7 Å². The number of amides is 1. The fraction of sp³-hybridized carbons (Fsp3) is 0.364. The second kappa shape index (κ2) is 6.44. The van der Waals surface area contributed by atoms with E-state index in [1.165, 1.54) is 0 Å². The molecule has 0 aliphatic rings. The molecule has 0 bridgehead atoms. The number of carbonyl (C=O) groups is 1. The standard InChI is InChI=1S/C11H16ClN3O2/c1-15(17-2)6-5-11(16)14-8-3-4-9(12)10(13)7-8/h3-4,7H,5-6,13H2,1-2H3,(H,14,16). The molecule has 0 saturated carbocycles. The molecule has 0 fully saturated rings. The van der Waals surface area contributed by atoms with Crippen LogP contribution in [0.25, 0.3) is 0 Å². The van der Waals surface area contributed by atoms with E-state index in [4.69, 9.17) is 22.2 Å². The molecule has 1 aromatic rings. The minimum Gasteiger partial charge on any atom is -0.397 e. The Balaban J connectivity index is 2.48. The van der Waals surface area contributed by atoms with Gasteiger partial charge in [-0.05, 0) is 18.2 Å². The van der Waals surface area contributed by atoms with Crippen molar-refractivity contribution in [1.82, 2.24) is 5.06 Å². The lowest BCUT2D eigenvalue weighted by atomic mass is 10.2. The molecule has 0 spiro atoms. The number of nitrogens with one attached hydrogen (secondary N) is 1. The Morgan fingerprint density at radius 2 is 2.29 bits per heavy atom. The van der Waals surface area contributed by atoms with Crippen molar-refractivity contribution in [3.63, 3.8) is 0 Å². The number of halogens is 1. The predicted molar refractivity (Wildman–Crippen MR) is 68.8 cm³/mol. The van der Waals surface area contributed by atoms with Gasteiger partial charge in [0.1, 0.15) is 0 Å². The molecule has 0 aliphatic carbocycles. The zero-order chi connectivity index (χ0) is 12.8. The monoisotopic (exact) mass is 257 g/mol. The summed E-state index contributed by atoms with van der Waals surface area (Å²) in [5.74, 6) is -0.101. The summed E-state index contributed by atoms with van der Waals surface area (Å²) >= 11 is 5.78. The number of benzene rings is 1. The first-order valence-corrected chi connectivity index (χ1v) is 5.51. The van der Waals surface area contributed by atoms with Crippen LogP contribution >= 0.6 is 11.6 Å². The summed E-state index contributed by atoms with van der Waals surface area (Å²) in [6.07, 6.45) is 0.340. The fourth-order valence-corrected chi connectivity index (χ4v) is 1.31. The molecule has 0 unspecified atom stereocenters. The quantitative estimate of drug-likeness (QED) is 0.623. The van der Waals surface area contributed by atoms with Crippen LogP contribution in [-0.2, 0) is 9.63 Å². The summed E-state index contributed by atoms with van der Waals surface area (Å²) in [7, 11) is 3.31. The van der Waals surface area contributed by atoms with Crippen molar-refractivity contribution in [3.05, 3.63) is 23.2 Å². The second-order valence-electron chi connectivity index (χ2n) is 3.57. The number of nitrogens with two attached hydrogens (primary N) is 1. The zero-order valence-corrected chi connectivity index (χ0v) is 10.6. The Morgan fingerprint density at radius 3 is 2.88 bits per heavy atom. The van der Waals surface area contributed by atoms with E-state index in [-0.39, 0.29) is 5.91 Å². The van der Waals surface area contributed by atoms with E-state index < -0.39 is 0 Å². The van der Waals surface area contributed by atoms with Crippen LogP contribution in [0.3, 0.4) is 0 Å². The molecule has 0 radical (unpaired) electrons. The fourth-order valence-electron chi connectivity index (χ4n) is 1.20. The topological polar surface area (TPSA) is 67.6 Å². The van der Waals surface area contributed by atoms with Gasteiger partial charge in [0.25, 0.3) is 0 Å². The van der Waals surface area contributed by atoms with E-state index >= 15 is 0 Å². The number of hydrogen-bond acceptors (Lipinski definition) is 4. The first kappa shape index (κ1) is 13.8. The molecule has 5 nitrogen and oxygen atoms in total. The Kier molecular flexibility index (Phi) is 5.21. The molecule has 6 heteroatoms. The molecular weight excluding hydrogens is 242 g/mol. The third-order valence-corrected chi connectivity index (χ3v) is 2.59. The van der Waals surface area contributed by atoms with Crippen LogP contribution in [0.4, 0.5) is 11.4 Å². The molecular formula is C11H16ClN3O2. The van der Waals surface area contributed by atoms with Crippen molar-refractivity contribution in [2.45, 2.75) is 6.42 Å². The maximum Gasteiger partial charge on any atom is 0.225 e. The number of nitrogen functional groups attached to an aromatic ring is 1. The highest BCUT2D eigenvalue weighted by molar-refractivity contribution is 6.33. The number of carbonyl (C=O) groups excluding carboxylic acids is 1. The summed E-state index contributed by atoms with van der Waals surface area (Å²) in [6.45, 7) is 0.519. The van der Waals surface area contributed by atoms with E-state index in [1.807, 2.05) is 0 Å². The van der Waals surface area contributed by atoms with E-state index in [1.54, 1.807) is 37.4 Å². The minimum atomic E-state index is -0.101. The summed E-state index contributed by atoms with van der Waals surface area (Å²) in [5.41, 5.74) is 6.71. The minimum absolute atomic E-state index is 0.101. The smallest absolute Gasteiger partial charge is 0.225 e. The molecule has 1 rings (SSSR count). The molecule has 0 aliphatic heterocycles. The maximum atomic E-state index is 11.6. The lowest BCUT2D eigenvalue weighted by molar-refractivity contribution is -0.126. The van der Waals surface area contributed by atoms with Crippen LogP contribution < -0.4 is 11.1 Å². The molecule has 0 atom stereocenters. The zero-order valence-electron chi connectivity index (χ0n) is 9.87. The lowest BCUT2D eigenvalue weighted by Crippen LogP contribution is -2.23.